The van der Waals surface area contributed by atoms with Gasteiger partial charge in [0, 0.05) is 16.7 Å². The van der Waals surface area contributed by atoms with Crippen molar-refractivity contribution in [1.29, 1.82) is 0 Å². The average Bonchev–Trinajstić information content (AvgIpc) is 2.26. The molecule has 0 aliphatic heterocycles. The van der Waals surface area contributed by atoms with Crippen molar-refractivity contribution in [1.82, 2.24) is 9.97 Å². The molecule has 0 aliphatic rings. The maximum absolute atomic E-state index is 13.1. The number of alkyl halides is 3. The lowest BCUT2D eigenvalue weighted by atomic mass is 10.3. The van der Waals surface area contributed by atoms with E-state index in [4.69, 9.17) is 4.74 Å². The highest BCUT2D eigenvalue weighted by atomic mass is 79.9. The highest BCUT2D eigenvalue weighted by molar-refractivity contribution is 9.10. The predicted octanol–water partition coefficient (Wildman–Crippen LogP) is 4.19. The summed E-state index contributed by atoms with van der Waals surface area (Å²) < 4.78 is 55.7. The first kappa shape index (κ1) is 13.7. The van der Waals surface area contributed by atoms with Crippen molar-refractivity contribution in [2.45, 2.75) is 6.18 Å². The molecule has 0 saturated heterocycles. The molecule has 3 nitrogen and oxygen atoms in total. The maximum Gasteiger partial charge on any atom is 0.433 e. The Labute approximate surface area is 113 Å². The van der Waals surface area contributed by atoms with Crippen molar-refractivity contribution in [2.24, 2.45) is 0 Å². The molecule has 0 saturated carbocycles. The molecule has 0 bridgehead atoms. The van der Waals surface area contributed by atoms with Gasteiger partial charge in [0.25, 0.3) is 0 Å². The summed E-state index contributed by atoms with van der Waals surface area (Å²) in [5.41, 5.74) is -1.13. The van der Waals surface area contributed by atoms with Gasteiger partial charge in [0.2, 0.25) is 0 Å². The van der Waals surface area contributed by atoms with Crippen LogP contribution in [0.5, 0.6) is 11.8 Å². The minimum atomic E-state index is -4.59. The van der Waals surface area contributed by atoms with Gasteiger partial charge < -0.3 is 4.74 Å². The fourth-order valence-corrected chi connectivity index (χ4v) is 1.69. The Hall–Kier alpha value is -1.70. The van der Waals surface area contributed by atoms with Gasteiger partial charge in [-0.1, -0.05) is 15.9 Å². The van der Waals surface area contributed by atoms with Crippen LogP contribution in [0.1, 0.15) is 5.69 Å². The number of aromatic nitrogens is 2. The number of benzene rings is 1. The molecule has 2 aromatic rings. The van der Waals surface area contributed by atoms with E-state index in [1.165, 1.54) is 12.1 Å². The Morgan fingerprint density at radius 2 is 1.89 bits per heavy atom. The summed E-state index contributed by atoms with van der Waals surface area (Å²) in [5.74, 6) is -0.609. The number of hydrogen-bond acceptors (Lipinski definition) is 3. The van der Waals surface area contributed by atoms with E-state index in [2.05, 4.69) is 25.9 Å². The van der Waals surface area contributed by atoms with Crippen molar-refractivity contribution < 1.29 is 22.3 Å². The molecular weight excluding hydrogens is 332 g/mol. The zero-order chi connectivity index (χ0) is 14.0. The van der Waals surface area contributed by atoms with E-state index in [1.807, 2.05) is 0 Å². The van der Waals surface area contributed by atoms with Crippen molar-refractivity contribution in [3.63, 3.8) is 0 Å². The Balaban J connectivity index is 2.28. The third kappa shape index (κ3) is 3.63. The highest BCUT2D eigenvalue weighted by Gasteiger charge is 2.33. The molecule has 1 aromatic heterocycles. The van der Waals surface area contributed by atoms with Gasteiger partial charge in [-0.3, -0.25) is 0 Å². The molecule has 0 amide bonds. The first-order chi connectivity index (χ1) is 8.84. The molecule has 8 heteroatoms. The second kappa shape index (κ2) is 5.12. The second-order valence-corrected chi connectivity index (χ2v) is 4.35. The fraction of sp³-hybridized carbons (Fsp3) is 0.0909. The molecule has 2 rings (SSSR count). The zero-order valence-electron chi connectivity index (χ0n) is 9.08. The van der Waals surface area contributed by atoms with Crippen LogP contribution in [-0.2, 0) is 6.18 Å². The standard InChI is InChI=1S/C11H5BrF4N2O/c12-6-3-7(13)5-8(4-6)19-10-17-2-1-9(18-10)11(14,15)16/h1-5H. The van der Waals surface area contributed by atoms with Crippen LogP contribution in [0.3, 0.4) is 0 Å². The van der Waals surface area contributed by atoms with Crippen LogP contribution in [-0.4, -0.2) is 9.97 Å². The van der Waals surface area contributed by atoms with Crippen LogP contribution >= 0.6 is 15.9 Å². The Kier molecular flexibility index (Phi) is 3.70. The number of halogens is 5. The molecular formula is C11H5BrF4N2O. The molecule has 0 N–H and O–H groups in total. The molecule has 0 atom stereocenters. The van der Waals surface area contributed by atoms with E-state index in [0.29, 0.717) is 10.5 Å². The summed E-state index contributed by atoms with van der Waals surface area (Å²) in [7, 11) is 0. The first-order valence-electron chi connectivity index (χ1n) is 4.89. The lowest BCUT2D eigenvalue weighted by molar-refractivity contribution is -0.141. The van der Waals surface area contributed by atoms with Crippen LogP contribution in [0.4, 0.5) is 17.6 Å². The number of ether oxygens (including phenoxy) is 1. The first-order valence-corrected chi connectivity index (χ1v) is 5.68. The summed E-state index contributed by atoms with van der Waals surface area (Å²) in [6.07, 6.45) is -3.68. The van der Waals surface area contributed by atoms with Crippen molar-refractivity contribution >= 4 is 15.9 Å². The molecule has 1 aromatic carbocycles. The van der Waals surface area contributed by atoms with Gasteiger partial charge in [-0.25, -0.2) is 9.37 Å². The van der Waals surface area contributed by atoms with Crippen LogP contribution in [0.2, 0.25) is 0 Å². The quantitative estimate of drug-likeness (QED) is 0.771. The molecule has 100 valence electrons. The predicted molar refractivity (Wildman–Crippen MR) is 61.2 cm³/mol. The molecule has 19 heavy (non-hydrogen) atoms. The summed E-state index contributed by atoms with van der Waals surface area (Å²) in [5, 5.41) is 0. The van der Waals surface area contributed by atoms with E-state index < -0.39 is 23.7 Å². The minimum absolute atomic E-state index is 0.00815. The van der Waals surface area contributed by atoms with E-state index >= 15 is 0 Å². The molecule has 1 heterocycles. The monoisotopic (exact) mass is 336 g/mol. The largest absolute Gasteiger partial charge is 0.433 e. The van der Waals surface area contributed by atoms with Gasteiger partial charge in [0.05, 0.1) is 0 Å². The Morgan fingerprint density at radius 1 is 1.16 bits per heavy atom. The minimum Gasteiger partial charge on any atom is -0.424 e. The SMILES string of the molecule is Fc1cc(Br)cc(Oc2nccc(C(F)(F)F)n2)c1. The van der Waals surface area contributed by atoms with Crippen molar-refractivity contribution in [3.8, 4) is 11.8 Å². The maximum atomic E-state index is 13.1. The Bertz CT molecular complexity index is 583. The van der Waals surface area contributed by atoms with Gasteiger partial charge in [-0.05, 0) is 18.2 Å². The summed E-state index contributed by atoms with van der Waals surface area (Å²) in [4.78, 5) is 6.74. The normalized spacial score (nSPS) is 11.4. The third-order valence-electron chi connectivity index (χ3n) is 1.97. The van der Waals surface area contributed by atoms with Crippen molar-refractivity contribution in [3.05, 3.63) is 46.4 Å². The van der Waals surface area contributed by atoms with Crippen LogP contribution in [0.15, 0.2) is 34.9 Å². The molecule has 0 fully saturated rings. The van der Waals surface area contributed by atoms with Gasteiger partial charge in [0.1, 0.15) is 11.6 Å². The molecule has 0 aliphatic carbocycles. The van der Waals surface area contributed by atoms with E-state index in [-0.39, 0.29) is 5.75 Å². The highest BCUT2D eigenvalue weighted by Crippen LogP contribution is 2.29. The van der Waals surface area contributed by atoms with Gasteiger partial charge >= 0.3 is 12.2 Å². The lowest BCUT2D eigenvalue weighted by Gasteiger charge is -2.08. The lowest BCUT2D eigenvalue weighted by Crippen LogP contribution is -2.08. The average molecular weight is 337 g/mol. The van der Waals surface area contributed by atoms with E-state index in [1.54, 1.807) is 0 Å². The number of rotatable bonds is 2. The molecule has 0 unspecified atom stereocenters. The summed E-state index contributed by atoms with van der Waals surface area (Å²) >= 11 is 3.03. The third-order valence-corrected chi connectivity index (χ3v) is 2.43. The number of nitrogens with zero attached hydrogens (tertiary/aromatic N) is 2. The van der Waals surface area contributed by atoms with E-state index in [9.17, 15) is 17.6 Å². The fourth-order valence-electron chi connectivity index (χ4n) is 1.24. The summed E-state index contributed by atoms with van der Waals surface area (Å²) in [6, 6.07) is 3.78. The zero-order valence-corrected chi connectivity index (χ0v) is 10.7. The second-order valence-electron chi connectivity index (χ2n) is 3.43. The van der Waals surface area contributed by atoms with Crippen LogP contribution < -0.4 is 4.74 Å². The topological polar surface area (TPSA) is 35.0 Å². The Morgan fingerprint density at radius 3 is 2.53 bits per heavy atom. The number of hydrogen-bond donors (Lipinski definition) is 0. The smallest absolute Gasteiger partial charge is 0.424 e. The van der Waals surface area contributed by atoms with Crippen molar-refractivity contribution in [2.75, 3.05) is 0 Å². The van der Waals surface area contributed by atoms with Gasteiger partial charge in [0.15, 0.2) is 5.69 Å². The van der Waals surface area contributed by atoms with Crippen LogP contribution in [0, 0.1) is 5.82 Å². The van der Waals surface area contributed by atoms with Crippen LogP contribution in [0.25, 0.3) is 0 Å². The van der Waals surface area contributed by atoms with Gasteiger partial charge in [-0.15, -0.1) is 0 Å². The van der Waals surface area contributed by atoms with Gasteiger partial charge in [-0.2, -0.15) is 18.2 Å². The van der Waals surface area contributed by atoms with E-state index in [0.717, 1.165) is 12.3 Å². The summed E-state index contributed by atoms with van der Waals surface area (Å²) in [6.45, 7) is 0. The molecule has 0 radical (unpaired) electrons. The molecule has 0 spiro atoms.